The molecular formula is C27H26N6O2S. The summed E-state index contributed by atoms with van der Waals surface area (Å²) >= 11 is 1.39. The van der Waals surface area contributed by atoms with Crippen LogP contribution >= 0.6 is 11.3 Å². The van der Waals surface area contributed by atoms with E-state index in [1.165, 1.54) is 16.9 Å². The topological polar surface area (TPSA) is 108 Å². The van der Waals surface area contributed by atoms with E-state index < -0.39 is 6.09 Å². The normalized spacial score (nSPS) is 11.1. The van der Waals surface area contributed by atoms with Crippen molar-refractivity contribution in [2.24, 2.45) is 0 Å². The summed E-state index contributed by atoms with van der Waals surface area (Å²) in [6, 6.07) is 16.1. The van der Waals surface area contributed by atoms with Crippen molar-refractivity contribution in [1.29, 1.82) is 0 Å². The van der Waals surface area contributed by atoms with Crippen LogP contribution in [0.15, 0.2) is 67.1 Å². The van der Waals surface area contributed by atoms with Crippen molar-refractivity contribution in [3.63, 3.8) is 0 Å². The second kappa shape index (κ2) is 10.2. The molecular weight excluding hydrogens is 472 g/mol. The van der Waals surface area contributed by atoms with Crippen molar-refractivity contribution in [3.8, 4) is 5.06 Å². The number of carbonyl (C=O) groups is 1. The highest BCUT2D eigenvalue weighted by molar-refractivity contribution is 7.13. The molecule has 182 valence electrons. The summed E-state index contributed by atoms with van der Waals surface area (Å²) in [4.78, 5) is 21.1. The predicted octanol–water partition coefficient (Wildman–Crippen LogP) is 5.01. The molecule has 5 rings (SSSR count). The van der Waals surface area contributed by atoms with Gasteiger partial charge in [0.15, 0.2) is 0 Å². The standard InChI is InChI=1S/C27H26N6O2S/c1-17-13-31-33(15-17)16-20-5-3-19(4-6-20)12-24-32-18(2)26(36-24)35-27(34)30-14-21-7-8-23-22(11-21)9-10-29-25(23)28/h3-11,13,15H,12,14,16H2,1-2H3,(H2,28,29)(H,30,34). The first kappa shape index (κ1) is 23.5. The second-order valence-corrected chi connectivity index (χ2v) is 9.73. The Hall–Kier alpha value is -4.24. The van der Waals surface area contributed by atoms with Crippen LogP contribution in [-0.4, -0.2) is 25.8 Å². The number of anilines is 1. The van der Waals surface area contributed by atoms with Crippen LogP contribution in [0, 0.1) is 13.8 Å². The number of nitrogen functional groups attached to an aromatic ring is 1. The molecule has 0 unspecified atom stereocenters. The predicted molar refractivity (Wildman–Crippen MR) is 141 cm³/mol. The molecule has 9 heteroatoms. The summed E-state index contributed by atoms with van der Waals surface area (Å²) in [6.07, 6.45) is 5.72. The first-order chi connectivity index (χ1) is 17.4. The number of pyridine rings is 1. The van der Waals surface area contributed by atoms with Gasteiger partial charge in [-0.2, -0.15) is 5.10 Å². The molecule has 0 radical (unpaired) electrons. The van der Waals surface area contributed by atoms with Crippen molar-refractivity contribution in [1.82, 2.24) is 25.1 Å². The van der Waals surface area contributed by atoms with Crippen LogP contribution in [0.25, 0.3) is 10.8 Å². The van der Waals surface area contributed by atoms with Gasteiger partial charge in [0.1, 0.15) is 10.8 Å². The minimum absolute atomic E-state index is 0.339. The van der Waals surface area contributed by atoms with Gasteiger partial charge >= 0.3 is 6.09 Å². The second-order valence-electron chi connectivity index (χ2n) is 8.68. The lowest BCUT2D eigenvalue weighted by atomic mass is 10.1. The third-order valence-electron chi connectivity index (χ3n) is 5.77. The van der Waals surface area contributed by atoms with Gasteiger partial charge in [-0.05, 0) is 53.6 Å². The lowest BCUT2D eigenvalue weighted by Crippen LogP contribution is -2.26. The van der Waals surface area contributed by atoms with E-state index in [-0.39, 0.29) is 0 Å². The largest absolute Gasteiger partial charge is 0.413 e. The summed E-state index contributed by atoms with van der Waals surface area (Å²) in [5.74, 6) is 0.489. The first-order valence-electron chi connectivity index (χ1n) is 11.5. The number of amides is 1. The molecule has 0 saturated heterocycles. The number of aromatic nitrogens is 4. The van der Waals surface area contributed by atoms with Crippen molar-refractivity contribution in [2.75, 3.05) is 5.73 Å². The van der Waals surface area contributed by atoms with Crippen molar-refractivity contribution >= 4 is 34.0 Å². The smallest absolute Gasteiger partial charge is 0.397 e. The highest BCUT2D eigenvalue weighted by Gasteiger charge is 2.14. The Bertz CT molecular complexity index is 1520. The molecule has 0 aliphatic carbocycles. The maximum absolute atomic E-state index is 12.4. The van der Waals surface area contributed by atoms with Crippen molar-refractivity contribution in [2.45, 2.75) is 33.4 Å². The fourth-order valence-corrected chi connectivity index (χ4v) is 4.89. The van der Waals surface area contributed by atoms with Crippen LogP contribution in [0.2, 0.25) is 0 Å². The molecule has 0 fully saturated rings. The number of hydrogen-bond donors (Lipinski definition) is 2. The Morgan fingerprint density at radius 1 is 1.08 bits per heavy atom. The fraction of sp³-hybridized carbons (Fsp3) is 0.185. The van der Waals surface area contributed by atoms with Crippen LogP contribution in [0.3, 0.4) is 0 Å². The zero-order valence-corrected chi connectivity index (χ0v) is 20.9. The minimum atomic E-state index is -0.513. The van der Waals surface area contributed by atoms with Gasteiger partial charge in [0.2, 0.25) is 5.06 Å². The summed E-state index contributed by atoms with van der Waals surface area (Å²) < 4.78 is 7.47. The Morgan fingerprint density at radius 3 is 2.64 bits per heavy atom. The zero-order chi connectivity index (χ0) is 25.1. The number of ether oxygens (including phenoxy) is 1. The average Bonchev–Trinajstić information content (AvgIpc) is 3.43. The van der Waals surface area contributed by atoms with Gasteiger partial charge in [-0.25, -0.2) is 14.8 Å². The molecule has 0 spiro atoms. The lowest BCUT2D eigenvalue weighted by molar-refractivity contribution is 0.201. The highest BCUT2D eigenvalue weighted by atomic mass is 32.1. The summed E-state index contributed by atoms with van der Waals surface area (Å²) in [5.41, 5.74) is 11.0. The summed E-state index contributed by atoms with van der Waals surface area (Å²) in [6.45, 7) is 4.96. The van der Waals surface area contributed by atoms with Crippen LogP contribution in [0.4, 0.5) is 10.6 Å². The van der Waals surface area contributed by atoms with Gasteiger partial charge in [0.05, 0.1) is 18.4 Å². The zero-order valence-electron chi connectivity index (χ0n) is 20.1. The van der Waals surface area contributed by atoms with Crippen molar-refractivity contribution in [3.05, 3.63) is 100 Å². The average molecular weight is 499 g/mol. The molecule has 0 saturated carbocycles. The van der Waals surface area contributed by atoms with Gasteiger partial charge in [-0.3, -0.25) is 4.68 Å². The molecule has 36 heavy (non-hydrogen) atoms. The third kappa shape index (κ3) is 5.52. The number of nitrogens with one attached hydrogen (secondary N) is 1. The maximum atomic E-state index is 12.4. The highest BCUT2D eigenvalue weighted by Crippen LogP contribution is 2.28. The Balaban J connectivity index is 1.16. The quantitative estimate of drug-likeness (QED) is 0.326. The molecule has 0 aliphatic rings. The van der Waals surface area contributed by atoms with Crippen LogP contribution < -0.4 is 15.8 Å². The summed E-state index contributed by atoms with van der Waals surface area (Å²) in [5, 5.41) is 10.4. The van der Waals surface area contributed by atoms with E-state index in [9.17, 15) is 4.79 Å². The molecule has 1 amide bonds. The molecule has 5 aromatic rings. The Morgan fingerprint density at radius 2 is 1.86 bits per heavy atom. The molecule has 3 N–H and O–H groups in total. The first-order valence-corrected chi connectivity index (χ1v) is 12.4. The van der Waals surface area contributed by atoms with Gasteiger partial charge in [0.25, 0.3) is 0 Å². The molecule has 0 aliphatic heterocycles. The van der Waals surface area contributed by atoms with E-state index in [1.807, 2.05) is 55.2 Å². The van der Waals surface area contributed by atoms with Crippen LogP contribution in [0.1, 0.15) is 33.0 Å². The van der Waals surface area contributed by atoms with E-state index in [0.29, 0.717) is 29.5 Å². The Kier molecular flexibility index (Phi) is 6.64. The monoisotopic (exact) mass is 498 g/mol. The maximum Gasteiger partial charge on any atom is 0.413 e. The number of nitrogens with zero attached hydrogens (tertiary/aromatic N) is 4. The fourth-order valence-electron chi connectivity index (χ4n) is 3.94. The van der Waals surface area contributed by atoms with Gasteiger partial charge < -0.3 is 15.8 Å². The third-order valence-corrected chi connectivity index (χ3v) is 6.80. The number of aryl methyl sites for hydroxylation is 2. The molecule has 0 bridgehead atoms. The van der Waals surface area contributed by atoms with E-state index in [0.717, 1.165) is 39.0 Å². The van der Waals surface area contributed by atoms with E-state index in [1.54, 1.807) is 6.20 Å². The lowest BCUT2D eigenvalue weighted by Gasteiger charge is -2.07. The molecule has 8 nitrogen and oxygen atoms in total. The molecule has 3 heterocycles. The van der Waals surface area contributed by atoms with Crippen LogP contribution in [-0.2, 0) is 19.5 Å². The number of thiazole rings is 1. The van der Waals surface area contributed by atoms with E-state index in [2.05, 4.69) is 44.6 Å². The van der Waals surface area contributed by atoms with Gasteiger partial charge in [-0.15, -0.1) is 0 Å². The number of hydrogen-bond acceptors (Lipinski definition) is 7. The summed E-state index contributed by atoms with van der Waals surface area (Å²) in [7, 11) is 0. The molecule has 3 aromatic heterocycles. The SMILES string of the molecule is Cc1cnn(Cc2ccc(Cc3nc(C)c(OC(=O)NCc4ccc5c(N)nccc5c4)s3)cc2)c1. The van der Waals surface area contributed by atoms with Gasteiger partial charge in [0, 0.05) is 30.7 Å². The van der Waals surface area contributed by atoms with Crippen molar-refractivity contribution < 1.29 is 9.53 Å². The van der Waals surface area contributed by atoms with Crippen LogP contribution in [0.5, 0.6) is 5.06 Å². The number of rotatable bonds is 7. The number of fused-ring (bicyclic) bond motifs is 1. The Labute approximate surface area is 212 Å². The molecule has 2 aromatic carbocycles. The minimum Gasteiger partial charge on any atom is -0.397 e. The number of nitrogens with two attached hydrogens (primary N) is 1. The molecule has 0 atom stereocenters. The van der Waals surface area contributed by atoms with E-state index in [4.69, 9.17) is 10.5 Å². The number of carbonyl (C=O) groups excluding carboxylic acids is 1. The van der Waals surface area contributed by atoms with E-state index >= 15 is 0 Å². The number of benzene rings is 2. The van der Waals surface area contributed by atoms with Gasteiger partial charge in [-0.1, -0.05) is 47.7 Å².